The van der Waals surface area contributed by atoms with Crippen molar-refractivity contribution in [2.75, 3.05) is 26.2 Å². The van der Waals surface area contributed by atoms with Gasteiger partial charge in [-0.15, -0.1) is 0 Å². The summed E-state index contributed by atoms with van der Waals surface area (Å²) in [7, 11) is 0. The minimum atomic E-state index is -4.01. The zero-order valence-electron chi connectivity index (χ0n) is 12.8. The van der Waals surface area contributed by atoms with Crippen molar-refractivity contribution in [2.24, 2.45) is 5.92 Å². The van der Waals surface area contributed by atoms with Crippen LogP contribution in [0.15, 0.2) is 0 Å². The van der Waals surface area contributed by atoms with Crippen LogP contribution in [0.25, 0.3) is 0 Å². The van der Waals surface area contributed by atoms with E-state index in [9.17, 15) is 13.2 Å². The summed E-state index contributed by atoms with van der Waals surface area (Å²) in [6, 6.07) is 0.530. The molecule has 1 saturated heterocycles. The van der Waals surface area contributed by atoms with Gasteiger partial charge >= 0.3 is 6.18 Å². The first-order valence-electron chi connectivity index (χ1n) is 7.92. The van der Waals surface area contributed by atoms with Crippen molar-refractivity contribution in [1.29, 1.82) is 0 Å². The van der Waals surface area contributed by atoms with Crippen LogP contribution in [0.4, 0.5) is 13.2 Å². The third-order valence-corrected chi connectivity index (χ3v) is 3.92. The van der Waals surface area contributed by atoms with E-state index in [1.54, 1.807) is 0 Å². The Morgan fingerprint density at radius 3 is 2.50 bits per heavy atom. The number of alkyl halides is 3. The standard InChI is InChI=1S/C15H29F3N2/c1-13(2)19-9-5-3-4-6-10-20-11-7-8-14(12-20)15(16,17)18/h13-14,19H,3-12H2,1-2H3. The first-order valence-corrected chi connectivity index (χ1v) is 7.92. The number of nitrogens with zero attached hydrogens (tertiary/aromatic N) is 1. The van der Waals surface area contributed by atoms with E-state index in [0.29, 0.717) is 18.9 Å². The third-order valence-electron chi connectivity index (χ3n) is 3.92. The monoisotopic (exact) mass is 294 g/mol. The van der Waals surface area contributed by atoms with E-state index in [4.69, 9.17) is 0 Å². The Balaban J connectivity index is 2.04. The fourth-order valence-corrected chi connectivity index (χ4v) is 2.73. The number of rotatable bonds is 8. The molecule has 1 aliphatic rings. The highest BCUT2D eigenvalue weighted by molar-refractivity contribution is 4.77. The van der Waals surface area contributed by atoms with E-state index < -0.39 is 12.1 Å². The Kier molecular flexibility index (Phi) is 7.88. The van der Waals surface area contributed by atoms with E-state index in [1.807, 2.05) is 4.90 Å². The minimum Gasteiger partial charge on any atom is -0.315 e. The molecule has 1 aliphatic heterocycles. The molecule has 1 fully saturated rings. The first kappa shape index (κ1) is 17.8. The van der Waals surface area contributed by atoms with Crippen LogP contribution in [0.2, 0.25) is 0 Å². The molecule has 20 heavy (non-hydrogen) atoms. The summed E-state index contributed by atoms with van der Waals surface area (Å²) < 4.78 is 38.0. The van der Waals surface area contributed by atoms with Crippen molar-refractivity contribution in [2.45, 2.75) is 64.6 Å². The average Bonchev–Trinajstić information content (AvgIpc) is 2.36. The van der Waals surface area contributed by atoms with Gasteiger partial charge in [0.25, 0.3) is 0 Å². The highest BCUT2D eigenvalue weighted by atomic mass is 19.4. The van der Waals surface area contributed by atoms with Crippen molar-refractivity contribution in [3.63, 3.8) is 0 Å². The zero-order chi connectivity index (χ0) is 15.0. The number of halogens is 3. The van der Waals surface area contributed by atoms with Crippen LogP contribution < -0.4 is 5.32 Å². The quantitative estimate of drug-likeness (QED) is 0.685. The second-order valence-electron chi connectivity index (χ2n) is 6.20. The fraction of sp³-hybridized carbons (Fsp3) is 1.00. The van der Waals surface area contributed by atoms with E-state index >= 15 is 0 Å². The van der Waals surface area contributed by atoms with E-state index in [0.717, 1.165) is 45.3 Å². The van der Waals surface area contributed by atoms with Gasteiger partial charge in [-0.2, -0.15) is 13.2 Å². The molecule has 0 aromatic heterocycles. The maximum Gasteiger partial charge on any atom is 0.393 e. The smallest absolute Gasteiger partial charge is 0.315 e. The Labute approximate surface area is 121 Å². The molecule has 0 aliphatic carbocycles. The molecule has 0 bridgehead atoms. The van der Waals surface area contributed by atoms with Crippen molar-refractivity contribution in [1.82, 2.24) is 10.2 Å². The predicted octanol–water partition coefficient (Wildman–Crippen LogP) is 3.82. The lowest BCUT2D eigenvalue weighted by Crippen LogP contribution is -2.42. The molecule has 0 spiro atoms. The highest BCUT2D eigenvalue weighted by Crippen LogP contribution is 2.33. The third kappa shape index (κ3) is 7.48. The molecule has 1 unspecified atom stereocenters. The molecule has 1 rings (SSSR count). The van der Waals surface area contributed by atoms with Crippen LogP contribution in [0.3, 0.4) is 0 Å². The Morgan fingerprint density at radius 2 is 1.85 bits per heavy atom. The normalized spacial score (nSPS) is 21.6. The Bertz CT molecular complexity index is 254. The maximum atomic E-state index is 12.7. The molecule has 0 radical (unpaired) electrons. The second-order valence-corrected chi connectivity index (χ2v) is 6.20. The largest absolute Gasteiger partial charge is 0.393 e. The van der Waals surface area contributed by atoms with Gasteiger partial charge in [-0.3, -0.25) is 0 Å². The van der Waals surface area contributed by atoms with E-state index in [-0.39, 0.29) is 6.54 Å². The van der Waals surface area contributed by atoms with Gasteiger partial charge in [-0.25, -0.2) is 0 Å². The van der Waals surface area contributed by atoms with Crippen LogP contribution in [0, 0.1) is 5.92 Å². The van der Waals surface area contributed by atoms with Gasteiger partial charge in [0.1, 0.15) is 0 Å². The molecule has 1 N–H and O–H groups in total. The molecular weight excluding hydrogens is 265 g/mol. The number of hydrogen-bond donors (Lipinski definition) is 1. The molecule has 0 amide bonds. The second kappa shape index (κ2) is 8.88. The number of nitrogens with one attached hydrogen (secondary N) is 1. The van der Waals surface area contributed by atoms with Crippen molar-refractivity contribution in [3.05, 3.63) is 0 Å². The molecule has 1 atom stereocenters. The minimum absolute atomic E-state index is 0.207. The first-order chi connectivity index (χ1) is 9.39. The number of likely N-dealkylation sites (tertiary alicyclic amines) is 1. The zero-order valence-corrected chi connectivity index (χ0v) is 12.8. The van der Waals surface area contributed by atoms with Crippen LogP contribution in [0.1, 0.15) is 52.4 Å². The SMILES string of the molecule is CC(C)NCCCCCCN1CCCC(C(F)(F)F)C1. The lowest BCUT2D eigenvalue weighted by atomic mass is 9.97. The summed E-state index contributed by atoms with van der Waals surface area (Å²) in [4.78, 5) is 1.99. The molecule has 0 aromatic rings. The van der Waals surface area contributed by atoms with Crippen LogP contribution in [-0.4, -0.2) is 43.3 Å². The van der Waals surface area contributed by atoms with Crippen molar-refractivity contribution >= 4 is 0 Å². The van der Waals surface area contributed by atoms with Gasteiger partial charge in [-0.05, 0) is 45.3 Å². The van der Waals surface area contributed by atoms with Crippen LogP contribution in [-0.2, 0) is 0 Å². The van der Waals surface area contributed by atoms with Crippen molar-refractivity contribution in [3.8, 4) is 0 Å². The Morgan fingerprint density at radius 1 is 1.15 bits per heavy atom. The predicted molar refractivity (Wildman–Crippen MR) is 76.8 cm³/mol. The molecule has 5 heteroatoms. The summed E-state index contributed by atoms with van der Waals surface area (Å²) in [5.41, 5.74) is 0. The summed E-state index contributed by atoms with van der Waals surface area (Å²) in [5.74, 6) is -1.11. The Hall–Kier alpha value is -0.290. The number of piperidine rings is 1. The van der Waals surface area contributed by atoms with E-state index in [1.165, 1.54) is 0 Å². The lowest BCUT2D eigenvalue weighted by molar-refractivity contribution is -0.186. The molecular formula is C15H29F3N2. The fourth-order valence-electron chi connectivity index (χ4n) is 2.73. The summed E-state index contributed by atoms with van der Waals surface area (Å²) in [5, 5.41) is 3.37. The van der Waals surface area contributed by atoms with Gasteiger partial charge in [0, 0.05) is 12.6 Å². The topological polar surface area (TPSA) is 15.3 Å². The average molecular weight is 294 g/mol. The van der Waals surface area contributed by atoms with E-state index in [2.05, 4.69) is 19.2 Å². The number of unbranched alkanes of at least 4 members (excludes halogenated alkanes) is 3. The summed E-state index contributed by atoms with van der Waals surface area (Å²) in [6.45, 7) is 7.17. The van der Waals surface area contributed by atoms with Crippen LogP contribution >= 0.6 is 0 Å². The molecule has 1 heterocycles. The summed E-state index contributed by atoms with van der Waals surface area (Å²) >= 11 is 0. The van der Waals surface area contributed by atoms with Gasteiger partial charge in [0.15, 0.2) is 0 Å². The number of hydrogen-bond acceptors (Lipinski definition) is 2. The maximum absolute atomic E-state index is 12.7. The van der Waals surface area contributed by atoms with Gasteiger partial charge in [-0.1, -0.05) is 26.7 Å². The van der Waals surface area contributed by atoms with Gasteiger partial charge < -0.3 is 10.2 Å². The molecule has 0 saturated carbocycles. The summed E-state index contributed by atoms with van der Waals surface area (Å²) in [6.07, 6.45) is 1.43. The lowest BCUT2D eigenvalue weighted by Gasteiger charge is -2.33. The highest BCUT2D eigenvalue weighted by Gasteiger charge is 2.41. The van der Waals surface area contributed by atoms with Gasteiger partial charge in [0.2, 0.25) is 0 Å². The van der Waals surface area contributed by atoms with Gasteiger partial charge in [0.05, 0.1) is 5.92 Å². The molecule has 2 nitrogen and oxygen atoms in total. The molecule has 0 aromatic carbocycles. The van der Waals surface area contributed by atoms with Crippen molar-refractivity contribution < 1.29 is 13.2 Å². The van der Waals surface area contributed by atoms with Crippen LogP contribution in [0.5, 0.6) is 0 Å². The molecule has 120 valence electrons.